The number of hydrogen-bond donors (Lipinski definition) is 2. The quantitative estimate of drug-likeness (QED) is 0.635. The molecule has 0 aliphatic carbocycles. The Kier molecular flexibility index (Phi) is 6.11. The van der Waals surface area contributed by atoms with Crippen LogP contribution in [0.3, 0.4) is 0 Å². The average molecular weight is 394 g/mol. The zero-order valence-electron chi connectivity index (χ0n) is 15.5. The van der Waals surface area contributed by atoms with Crippen molar-refractivity contribution >= 4 is 21.6 Å². The molecule has 0 radical (unpaired) electrons. The normalized spacial score (nSPS) is 12.2. The number of para-hydroxylation sites is 1. The number of benzene rings is 3. The van der Waals surface area contributed by atoms with Gasteiger partial charge in [-0.3, -0.25) is 9.52 Å². The minimum atomic E-state index is -3.70. The minimum Gasteiger partial charge on any atom is -0.351 e. The van der Waals surface area contributed by atoms with E-state index in [4.69, 9.17) is 0 Å². The molecule has 144 valence electrons. The van der Waals surface area contributed by atoms with E-state index in [1.54, 1.807) is 24.3 Å². The van der Waals surface area contributed by atoms with Gasteiger partial charge >= 0.3 is 0 Å². The van der Waals surface area contributed by atoms with Crippen molar-refractivity contribution in [2.24, 2.45) is 0 Å². The van der Waals surface area contributed by atoms with E-state index in [0.29, 0.717) is 17.8 Å². The van der Waals surface area contributed by atoms with Crippen LogP contribution < -0.4 is 10.0 Å². The molecule has 6 heteroatoms. The smallest absolute Gasteiger partial charge is 0.261 e. The highest BCUT2D eigenvalue weighted by Crippen LogP contribution is 2.17. The number of carbonyl (C=O) groups excluding carboxylic acids is 1. The van der Waals surface area contributed by atoms with Crippen LogP contribution in [0, 0.1) is 0 Å². The maximum atomic E-state index is 12.4. The van der Waals surface area contributed by atoms with Crippen LogP contribution in [0.2, 0.25) is 0 Å². The second kappa shape index (κ2) is 8.71. The van der Waals surface area contributed by atoms with Crippen molar-refractivity contribution in [3.63, 3.8) is 0 Å². The van der Waals surface area contributed by atoms with E-state index in [-0.39, 0.29) is 16.7 Å². The van der Waals surface area contributed by atoms with Gasteiger partial charge in [-0.2, -0.15) is 0 Å². The van der Waals surface area contributed by atoms with Crippen molar-refractivity contribution < 1.29 is 13.2 Å². The molecule has 2 N–H and O–H groups in total. The fourth-order valence-corrected chi connectivity index (χ4v) is 3.81. The molecule has 28 heavy (non-hydrogen) atoms. The Bertz CT molecular complexity index is 1020. The Morgan fingerprint density at radius 3 is 2.04 bits per heavy atom. The highest BCUT2D eigenvalue weighted by molar-refractivity contribution is 7.92. The van der Waals surface area contributed by atoms with Gasteiger partial charge in [-0.25, -0.2) is 8.42 Å². The number of hydrogen-bond acceptors (Lipinski definition) is 3. The van der Waals surface area contributed by atoms with Gasteiger partial charge in [-0.15, -0.1) is 0 Å². The van der Waals surface area contributed by atoms with Crippen molar-refractivity contribution in [3.8, 4) is 0 Å². The zero-order valence-corrected chi connectivity index (χ0v) is 16.3. The molecule has 3 rings (SSSR count). The van der Waals surface area contributed by atoms with Crippen LogP contribution in [-0.2, 0) is 10.0 Å². The SMILES string of the molecule is C[C@H](CNC(=O)c1ccc(S(=O)(=O)Nc2ccccc2)cc1)c1ccccc1. The van der Waals surface area contributed by atoms with Gasteiger partial charge in [-0.05, 0) is 47.9 Å². The molecule has 5 nitrogen and oxygen atoms in total. The molecule has 3 aromatic carbocycles. The molecule has 0 saturated heterocycles. The summed E-state index contributed by atoms with van der Waals surface area (Å²) in [4.78, 5) is 12.5. The maximum Gasteiger partial charge on any atom is 0.261 e. The molecule has 0 unspecified atom stereocenters. The zero-order chi connectivity index (χ0) is 20.0. The standard InChI is InChI=1S/C22H22N2O3S/c1-17(18-8-4-2-5-9-18)16-23-22(25)19-12-14-21(15-13-19)28(26,27)24-20-10-6-3-7-11-20/h2-15,17,24H,16H2,1H3,(H,23,25)/t17-/m1/s1. The van der Waals surface area contributed by atoms with Crippen LogP contribution in [0.1, 0.15) is 28.8 Å². The van der Waals surface area contributed by atoms with Crippen molar-refractivity contribution in [3.05, 3.63) is 96.1 Å². The summed E-state index contributed by atoms with van der Waals surface area (Å²) in [5.74, 6) is -0.0531. The summed E-state index contributed by atoms with van der Waals surface area (Å²) in [5.41, 5.74) is 2.05. The molecule has 0 fully saturated rings. The van der Waals surface area contributed by atoms with Gasteiger partial charge in [0.1, 0.15) is 0 Å². The molecule has 0 spiro atoms. The molecular formula is C22H22N2O3S. The van der Waals surface area contributed by atoms with E-state index >= 15 is 0 Å². The number of amides is 1. The summed E-state index contributed by atoms with van der Waals surface area (Å²) in [6, 6.07) is 24.5. The molecule has 0 aliphatic heterocycles. The first-order chi connectivity index (χ1) is 13.5. The summed E-state index contributed by atoms with van der Waals surface area (Å²) in [5, 5.41) is 2.89. The van der Waals surface area contributed by atoms with Gasteiger partial charge in [-0.1, -0.05) is 55.5 Å². The van der Waals surface area contributed by atoms with Crippen molar-refractivity contribution in [1.82, 2.24) is 5.32 Å². The van der Waals surface area contributed by atoms with E-state index in [2.05, 4.69) is 10.0 Å². The third kappa shape index (κ3) is 4.98. The van der Waals surface area contributed by atoms with Crippen molar-refractivity contribution in [2.45, 2.75) is 17.7 Å². The van der Waals surface area contributed by atoms with E-state index in [9.17, 15) is 13.2 Å². The van der Waals surface area contributed by atoms with E-state index in [1.807, 2.05) is 43.3 Å². The Balaban J connectivity index is 1.62. The molecule has 0 heterocycles. The van der Waals surface area contributed by atoms with Crippen LogP contribution in [0.5, 0.6) is 0 Å². The largest absolute Gasteiger partial charge is 0.351 e. The third-order valence-corrected chi connectivity index (χ3v) is 5.79. The Morgan fingerprint density at radius 2 is 1.43 bits per heavy atom. The predicted octanol–water partition coefficient (Wildman–Crippen LogP) is 4.02. The molecule has 3 aromatic rings. The molecule has 0 aromatic heterocycles. The second-order valence-corrected chi connectivity index (χ2v) is 8.20. The molecular weight excluding hydrogens is 372 g/mol. The van der Waals surface area contributed by atoms with Crippen LogP contribution in [0.15, 0.2) is 89.8 Å². The molecule has 0 saturated carbocycles. The van der Waals surface area contributed by atoms with Gasteiger partial charge in [0.2, 0.25) is 0 Å². The average Bonchev–Trinajstić information content (AvgIpc) is 2.73. The lowest BCUT2D eigenvalue weighted by molar-refractivity contribution is 0.0951. The third-order valence-electron chi connectivity index (χ3n) is 4.39. The first-order valence-corrected chi connectivity index (χ1v) is 10.4. The maximum absolute atomic E-state index is 12.4. The van der Waals surface area contributed by atoms with Gasteiger partial charge in [0.25, 0.3) is 15.9 Å². The molecule has 1 amide bonds. The summed E-state index contributed by atoms with van der Waals surface area (Å²) in [6.07, 6.45) is 0. The summed E-state index contributed by atoms with van der Waals surface area (Å²) >= 11 is 0. The highest BCUT2D eigenvalue weighted by Gasteiger charge is 2.15. The molecule has 0 aliphatic rings. The fourth-order valence-electron chi connectivity index (χ4n) is 2.75. The highest BCUT2D eigenvalue weighted by atomic mass is 32.2. The lowest BCUT2D eigenvalue weighted by Gasteiger charge is -2.13. The van der Waals surface area contributed by atoms with E-state index < -0.39 is 10.0 Å². The lowest BCUT2D eigenvalue weighted by Crippen LogP contribution is -2.27. The fraction of sp³-hybridized carbons (Fsp3) is 0.136. The summed E-state index contributed by atoms with van der Waals surface area (Å²) in [7, 11) is -3.70. The predicted molar refractivity (Wildman–Crippen MR) is 111 cm³/mol. The number of sulfonamides is 1. The van der Waals surface area contributed by atoms with E-state index in [0.717, 1.165) is 5.56 Å². The van der Waals surface area contributed by atoms with Crippen LogP contribution in [-0.4, -0.2) is 20.9 Å². The topological polar surface area (TPSA) is 75.3 Å². The van der Waals surface area contributed by atoms with Crippen molar-refractivity contribution in [2.75, 3.05) is 11.3 Å². The van der Waals surface area contributed by atoms with Gasteiger partial charge in [0.05, 0.1) is 4.90 Å². The summed E-state index contributed by atoms with van der Waals surface area (Å²) < 4.78 is 27.4. The number of rotatable bonds is 7. The lowest BCUT2D eigenvalue weighted by atomic mass is 10.0. The first-order valence-electron chi connectivity index (χ1n) is 8.97. The molecule has 0 bridgehead atoms. The van der Waals surface area contributed by atoms with Gasteiger partial charge < -0.3 is 5.32 Å². The number of anilines is 1. The van der Waals surface area contributed by atoms with E-state index in [1.165, 1.54) is 24.3 Å². The Labute approximate surface area is 165 Å². The summed E-state index contributed by atoms with van der Waals surface area (Å²) in [6.45, 7) is 2.54. The molecule has 1 atom stereocenters. The van der Waals surface area contributed by atoms with Crippen LogP contribution in [0.4, 0.5) is 5.69 Å². The Hall–Kier alpha value is -3.12. The van der Waals surface area contributed by atoms with Crippen LogP contribution >= 0.6 is 0 Å². The number of carbonyl (C=O) groups is 1. The number of nitrogens with one attached hydrogen (secondary N) is 2. The van der Waals surface area contributed by atoms with Crippen molar-refractivity contribution in [1.29, 1.82) is 0 Å². The van der Waals surface area contributed by atoms with Gasteiger partial charge in [0, 0.05) is 17.8 Å². The van der Waals surface area contributed by atoms with Gasteiger partial charge in [0.15, 0.2) is 0 Å². The first kappa shape index (κ1) is 19.6. The minimum absolute atomic E-state index is 0.102. The Morgan fingerprint density at radius 1 is 0.857 bits per heavy atom. The second-order valence-electron chi connectivity index (χ2n) is 6.52. The monoisotopic (exact) mass is 394 g/mol. The van der Waals surface area contributed by atoms with Crippen LogP contribution in [0.25, 0.3) is 0 Å².